The van der Waals surface area contributed by atoms with Crippen LogP contribution in [0.5, 0.6) is 0 Å². The van der Waals surface area contributed by atoms with Crippen LogP contribution in [0.4, 0.5) is 0 Å². The molecular weight excluding hydrogens is 214 g/mol. The normalized spacial score (nSPS) is 33.5. The minimum absolute atomic E-state index is 0.410. The first kappa shape index (κ1) is 11.4. The van der Waals surface area contributed by atoms with E-state index >= 15 is 0 Å². The Morgan fingerprint density at radius 1 is 0.769 bits per heavy atom. The van der Waals surface area contributed by atoms with Crippen molar-refractivity contribution in [3.05, 3.63) is 0 Å². The summed E-state index contributed by atoms with van der Waals surface area (Å²) in [5, 5.41) is 0. The lowest BCUT2D eigenvalue weighted by Crippen LogP contribution is -1.88. The van der Waals surface area contributed by atoms with Gasteiger partial charge < -0.3 is 9.05 Å². The smallest absolute Gasteiger partial charge is 0.310 e. The van der Waals surface area contributed by atoms with E-state index in [4.69, 9.17) is 9.05 Å². The summed E-state index contributed by atoms with van der Waals surface area (Å²) < 4.78 is 36.0. The van der Waals surface area contributed by atoms with Crippen molar-refractivity contribution in [1.82, 2.24) is 0 Å². The molecule has 78 valence electrons. The molecule has 0 aromatic heterocycles. The van der Waals surface area contributed by atoms with Gasteiger partial charge in [0.05, 0.1) is 13.2 Å². The van der Waals surface area contributed by atoms with Crippen LogP contribution in [0.15, 0.2) is 0 Å². The molecule has 13 heavy (non-hydrogen) atoms. The van der Waals surface area contributed by atoms with Crippen LogP contribution < -0.4 is 0 Å². The Morgan fingerprint density at radius 2 is 1.23 bits per heavy atom. The lowest BCUT2D eigenvalue weighted by Gasteiger charge is -2.03. The quantitative estimate of drug-likeness (QED) is 0.595. The largest absolute Gasteiger partial charge is 0.326 e. The van der Waals surface area contributed by atoms with Crippen LogP contribution in [0.25, 0.3) is 0 Å². The molecule has 7 heteroatoms. The Hall–Kier alpha value is 0.340. The highest BCUT2D eigenvalue weighted by molar-refractivity contribution is 7.47. The molecule has 1 saturated heterocycles. The maximum absolute atomic E-state index is 10.9. The van der Waals surface area contributed by atoms with Crippen molar-refractivity contribution < 1.29 is 22.5 Å². The number of hydrogen-bond donors (Lipinski definition) is 0. The molecule has 0 aliphatic carbocycles. The van der Waals surface area contributed by atoms with Crippen molar-refractivity contribution in [2.24, 2.45) is 0 Å². The molecule has 0 saturated carbocycles. The van der Waals surface area contributed by atoms with Gasteiger partial charge in [0.25, 0.3) is 0 Å². The highest BCUT2D eigenvalue weighted by Gasteiger charge is 2.07. The van der Waals surface area contributed by atoms with E-state index in [1.807, 2.05) is 0 Å². The molecule has 0 aromatic carbocycles. The summed E-state index contributed by atoms with van der Waals surface area (Å²) >= 11 is 0. The minimum Gasteiger partial charge on any atom is -0.310 e. The monoisotopic (exact) mass is 228 g/mol. The highest BCUT2D eigenvalue weighted by atomic mass is 31.2. The van der Waals surface area contributed by atoms with E-state index in [2.05, 4.69) is 4.31 Å². The third-order valence-electron chi connectivity index (χ3n) is 1.65. The van der Waals surface area contributed by atoms with Gasteiger partial charge in [-0.3, -0.25) is 9.13 Å². The fraction of sp³-hybridized carbons (Fsp3) is 1.00. The van der Waals surface area contributed by atoms with E-state index in [9.17, 15) is 9.13 Å². The molecule has 0 aromatic rings. The molecule has 0 amide bonds. The van der Waals surface area contributed by atoms with Crippen LogP contribution in [0.1, 0.15) is 25.7 Å². The predicted octanol–water partition coefficient (Wildman–Crippen LogP) is 2.39. The van der Waals surface area contributed by atoms with E-state index in [1.54, 1.807) is 0 Å². The summed E-state index contributed by atoms with van der Waals surface area (Å²) in [5.74, 6) is 0. The molecular formula is C6H14O5P2. The topological polar surface area (TPSA) is 61.8 Å². The molecule has 5 nitrogen and oxygen atoms in total. The molecule has 2 unspecified atom stereocenters. The first-order valence-electron chi connectivity index (χ1n) is 4.30. The first-order valence-corrected chi connectivity index (χ1v) is 6.75. The van der Waals surface area contributed by atoms with Crippen LogP contribution in [0.3, 0.4) is 0 Å². The fourth-order valence-electron chi connectivity index (χ4n) is 0.996. The molecule has 0 spiro atoms. The van der Waals surface area contributed by atoms with Gasteiger partial charge in [-0.1, -0.05) is 12.8 Å². The van der Waals surface area contributed by atoms with Crippen molar-refractivity contribution in [2.45, 2.75) is 25.7 Å². The van der Waals surface area contributed by atoms with E-state index in [0.717, 1.165) is 25.7 Å². The van der Waals surface area contributed by atoms with E-state index < -0.39 is 16.5 Å². The molecule has 2 atom stereocenters. The second kappa shape index (κ2) is 6.74. The third-order valence-corrected chi connectivity index (χ3v) is 3.86. The van der Waals surface area contributed by atoms with Crippen molar-refractivity contribution in [3.8, 4) is 0 Å². The molecule has 1 fully saturated rings. The summed E-state index contributed by atoms with van der Waals surface area (Å²) in [6, 6.07) is 0. The molecule has 1 heterocycles. The van der Waals surface area contributed by atoms with E-state index in [1.165, 1.54) is 0 Å². The molecule has 0 bridgehead atoms. The molecule has 0 N–H and O–H groups in total. The maximum Gasteiger partial charge on any atom is 0.326 e. The fourth-order valence-corrected chi connectivity index (χ4v) is 2.63. The van der Waals surface area contributed by atoms with Crippen molar-refractivity contribution in [1.29, 1.82) is 0 Å². The Kier molecular flexibility index (Phi) is 5.92. The summed E-state index contributed by atoms with van der Waals surface area (Å²) in [6.45, 7) is 0.819. The van der Waals surface area contributed by atoms with Crippen LogP contribution in [0, 0.1) is 0 Å². The van der Waals surface area contributed by atoms with Gasteiger partial charge in [-0.05, 0) is 12.8 Å². The average molecular weight is 228 g/mol. The lowest BCUT2D eigenvalue weighted by molar-refractivity contribution is 0.258. The molecule has 0 radical (unpaired) electrons. The minimum atomic E-state index is -2.60. The Labute approximate surface area is 78.7 Å². The van der Waals surface area contributed by atoms with Gasteiger partial charge in [-0.15, -0.1) is 0 Å². The summed E-state index contributed by atoms with van der Waals surface area (Å²) in [7, 11) is -5.20. The van der Waals surface area contributed by atoms with Gasteiger partial charge in [0.2, 0.25) is 0 Å². The summed E-state index contributed by atoms with van der Waals surface area (Å²) in [4.78, 5) is 0. The summed E-state index contributed by atoms with van der Waals surface area (Å²) in [5.41, 5.74) is 0. The zero-order valence-electron chi connectivity index (χ0n) is 7.28. The van der Waals surface area contributed by atoms with Crippen LogP contribution in [-0.4, -0.2) is 13.2 Å². The first-order chi connectivity index (χ1) is 6.29. The van der Waals surface area contributed by atoms with Gasteiger partial charge in [0.1, 0.15) is 0 Å². The molecule has 1 aliphatic rings. The molecule has 1 aliphatic heterocycles. The van der Waals surface area contributed by atoms with Gasteiger partial charge in [-0.25, -0.2) is 4.31 Å². The SMILES string of the molecule is O=[PH]1OCCCCCCO[PH](=O)O1. The number of rotatable bonds is 0. The van der Waals surface area contributed by atoms with E-state index in [-0.39, 0.29) is 0 Å². The Morgan fingerprint density at radius 3 is 1.69 bits per heavy atom. The number of hydrogen-bond acceptors (Lipinski definition) is 5. The summed E-state index contributed by atoms with van der Waals surface area (Å²) in [6.07, 6.45) is 3.75. The lowest BCUT2D eigenvalue weighted by atomic mass is 10.2. The van der Waals surface area contributed by atoms with Crippen LogP contribution in [-0.2, 0) is 22.5 Å². The third kappa shape index (κ3) is 5.61. The second-order valence-electron chi connectivity index (χ2n) is 2.71. The van der Waals surface area contributed by atoms with E-state index in [0.29, 0.717) is 13.2 Å². The van der Waals surface area contributed by atoms with Gasteiger partial charge in [-0.2, -0.15) is 0 Å². The second-order valence-corrected chi connectivity index (χ2v) is 5.11. The highest BCUT2D eigenvalue weighted by Crippen LogP contribution is 2.40. The van der Waals surface area contributed by atoms with Crippen molar-refractivity contribution in [3.63, 3.8) is 0 Å². The molecule has 1 rings (SSSR count). The zero-order valence-corrected chi connectivity index (χ0v) is 9.28. The van der Waals surface area contributed by atoms with Crippen LogP contribution >= 0.6 is 16.5 Å². The standard InChI is InChI=1S/C6H14O5P2/c7-12-9-5-3-1-2-4-6-10-13(8)11-12/h12-13H,1-6H2. The van der Waals surface area contributed by atoms with Crippen molar-refractivity contribution in [2.75, 3.05) is 13.2 Å². The Bertz CT molecular complexity index is 175. The zero-order chi connectivity index (χ0) is 9.52. The van der Waals surface area contributed by atoms with Crippen LogP contribution in [0.2, 0.25) is 0 Å². The van der Waals surface area contributed by atoms with Crippen molar-refractivity contribution >= 4 is 16.5 Å². The van der Waals surface area contributed by atoms with Gasteiger partial charge in [0.15, 0.2) is 0 Å². The average Bonchev–Trinajstić information content (AvgIpc) is 2.11. The van der Waals surface area contributed by atoms with Gasteiger partial charge in [0, 0.05) is 0 Å². The Balaban J connectivity index is 2.34. The predicted molar refractivity (Wildman–Crippen MR) is 49.5 cm³/mol. The van der Waals surface area contributed by atoms with Gasteiger partial charge >= 0.3 is 16.5 Å². The maximum atomic E-state index is 10.9.